The molecule has 0 radical (unpaired) electrons. The van der Waals surface area contributed by atoms with Gasteiger partial charge in [-0.2, -0.15) is 0 Å². The van der Waals surface area contributed by atoms with E-state index >= 15 is 0 Å². The number of likely N-dealkylation sites (tertiary alicyclic amines) is 1. The Bertz CT molecular complexity index is 803. The highest BCUT2D eigenvalue weighted by atomic mass is 16.5. The quantitative estimate of drug-likeness (QED) is 0.751. The molecule has 1 N–H and O–H groups in total. The van der Waals surface area contributed by atoms with Gasteiger partial charge in [0.1, 0.15) is 5.69 Å². The minimum Gasteiger partial charge on any atom is -0.462 e. The van der Waals surface area contributed by atoms with Crippen LogP contribution in [0.3, 0.4) is 0 Å². The summed E-state index contributed by atoms with van der Waals surface area (Å²) in [4.78, 5) is 30.8. The van der Waals surface area contributed by atoms with Crippen LogP contribution in [-0.2, 0) is 4.74 Å². The molecular formula is C22H27N3O3. The predicted octanol–water partition coefficient (Wildman–Crippen LogP) is 4.41. The van der Waals surface area contributed by atoms with E-state index in [1.807, 2.05) is 23.1 Å². The summed E-state index contributed by atoms with van der Waals surface area (Å²) in [5.41, 5.74) is 2.60. The Morgan fingerprint density at radius 2 is 1.86 bits per heavy atom. The summed E-state index contributed by atoms with van der Waals surface area (Å²) in [6, 6.07) is 11.0. The fraction of sp³-hybridized carbons (Fsp3) is 0.409. The number of pyridine rings is 1. The first-order chi connectivity index (χ1) is 13.6. The van der Waals surface area contributed by atoms with E-state index < -0.39 is 0 Å². The molecule has 1 saturated heterocycles. The Morgan fingerprint density at radius 3 is 2.50 bits per heavy atom. The number of anilines is 2. The lowest BCUT2D eigenvalue weighted by molar-refractivity contribution is 0.0525. The first-order valence-electron chi connectivity index (χ1n) is 9.93. The van der Waals surface area contributed by atoms with E-state index in [-0.39, 0.29) is 11.9 Å². The average molecular weight is 381 g/mol. The molecule has 6 nitrogen and oxygen atoms in total. The fourth-order valence-corrected chi connectivity index (χ4v) is 3.50. The molecule has 0 aliphatic carbocycles. The molecule has 2 aromatic rings. The number of benzene rings is 1. The van der Waals surface area contributed by atoms with Gasteiger partial charge in [0.2, 0.25) is 0 Å². The molecule has 1 amide bonds. The molecule has 148 valence electrons. The first-order valence-corrected chi connectivity index (χ1v) is 9.93. The summed E-state index contributed by atoms with van der Waals surface area (Å²) in [7, 11) is 0. The number of hydrogen-bond donors (Lipinski definition) is 1. The van der Waals surface area contributed by atoms with Crippen molar-refractivity contribution >= 4 is 23.3 Å². The standard InChI is InChI=1S/C22H27N3O3/c1-3-19-7-5-6-14-25(19)21(26)20-13-12-18(15-23-20)24-17-10-8-16(9-11-17)22(27)28-4-2/h8-13,15,19,24H,3-7,14H2,1-2H3. The zero-order chi connectivity index (χ0) is 19.9. The average Bonchev–Trinajstić information content (AvgIpc) is 2.74. The lowest BCUT2D eigenvalue weighted by Crippen LogP contribution is -2.43. The van der Waals surface area contributed by atoms with Crippen molar-refractivity contribution in [2.24, 2.45) is 0 Å². The number of esters is 1. The number of hydrogen-bond acceptors (Lipinski definition) is 5. The molecule has 0 saturated carbocycles. The van der Waals surface area contributed by atoms with Crippen LogP contribution in [-0.4, -0.2) is 41.0 Å². The number of aromatic nitrogens is 1. The molecule has 1 aliphatic heterocycles. The van der Waals surface area contributed by atoms with Crippen LogP contribution in [0.5, 0.6) is 0 Å². The van der Waals surface area contributed by atoms with Crippen LogP contribution >= 0.6 is 0 Å². The van der Waals surface area contributed by atoms with E-state index in [4.69, 9.17) is 4.74 Å². The number of ether oxygens (including phenoxy) is 1. The Balaban J connectivity index is 1.64. The number of amides is 1. The van der Waals surface area contributed by atoms with Crippen LogP contribution in [0.4, 0.5) is 11.4 Å². The SMILES string of the molecule is CCOC(=O)c1ccc(Nc2ccc(C(=O)N3CCCCC3CC)nc2)cc1. The zero-order valence-corrected chi connectivity index (χ0v) is 16.5. The summed E-state index contributed by atoms with van der Waals surface area (Å²) < 4.78 is 4.98. The smallest absolute Gasteiger partial charge is 0.338 e. The molecule has 0 bridgehead atoms. The highest BCUT2D eigenvalue weighted by molar-refractivity contribution is 5.93. The van der Waals surface area contributed by atoms with Crippen molar-refractivity contribution in [3.05, 3.63) is 53.9 Å². The number of nitrogens with zero attached hydrogens (tertiary/aromatic N) is 2. The number of nitrogens with one attached hydrogen (secondary N) is 1. The maximum absolute atomic E-state index is 12.8. The minimum absolute atomic E-state index is 0.0110. The highest BCUT2D eigenvalue weighted by Crippen LogP contribution is 2.22. The van der Waals surface area contributed by atoms with Crippen LogP contribution in [0.25, 0.3) is 0 Å². The van der Waals surface area contributed by atoms with Crippen LogP contribution in [0.1, 0.15) is 60.4 Å². The molecule has 1 aromatic heterocycles. The van der Waals surface area contributed by atoms with Crippen molar-refractivity contribution in [2.75, 3.05) is 18.5 Å². The second kappa shape index (κ2) is 9.35. The van der Waals surface area contributed by atoms with Crippen LogP contribution in [0.2, 0.25) is 0 Å². The van der Waals surface area contributed by atoms with Gasteiger partial charge in [-0.25, -0.2) is 9.78 Å². The molecular weight excluding hydrogens is 354 g/mol. The van der Waals surface area contributed by atoms with Gasteiger partial charge >= 0.3 is 5.97 Å². The Morgan fingerprint density at radius 1 is 1.11 bits per heavy atom. The van der Waals surface area contributed by atoms with Gasteiger partial charge in [0.15, 0.2) is 0 Å². The second-order valence-electron chi connectivity index (χ2n) is 6.91. The van der Waals surface area contributed by atoms with Gasteiger partial charge in [0.25, 0.3) is 5.91 Å². The number of carbonyl (C=O) groups excluding carboxylic acids is 2. The monoisotopic (exact) mass is 381 g/mol. The fourth-order valence-electron chi connectivity index (χ4n) is 3.50. The molecule has 2 heterocycles. The minimum atomic E-state index is -0.332. The molecule has 1 unspecified atom stereocenters. The topological polar surface area (TPSA) is 71.5 Å². The summed E-state index contributed by atoms with van der Waals surface area (Å²) in [5.74, 6) is -0.321. The van der Waals surface area contributed by atoms with Crippen molar-refractivity contribution in [2.45, 2.75) is 45.6 Å². The first kappa shape index (κ1) is 19.9. The van der Waals surface area contributed by atoms with Crippen molar-refractivity contribution in [3.8, 4) is 0 Å². The van der Waals surface area contributed by atoms with Gasteiger partial charge in [-0.1, -0.05) is 6.92 Å². The third-order valence-corrected chi connectivity index (χ3v) is 5.03. The highest BCUT2D eigenvalue weighted by Gasteiger charge is 2.26. The molecule has 1 aromatic carbocycles. The second-order valence-corrected chi connectivity index (χ2v) is 6.91. The lowest BCUT2D eigenvalue weighted by Gasteiger charge is -2.35. The normalized spacial score (nSPS) is 16.5. The third-order valence-electron chi connectivity index (χ3n) is 5.03. The molecule has 1 atom stereocenters. The Hall–Kier alpha value is -2.89. The van der Waals surface area contributed by atoms with Gasteiger partial charge < -0.3 is 15.0 Å². The summed E-state index contributed by atoms with van der Waals surface area (Å²) in [6.45, 7) is 5.07. The molecule has 1 aliphatic rings. The van der Waals surface area contributed by atoms with Crippen molar-refractivity contribution in [1.82, 2.24) is 9.88 Å². The zero-order valence-electron chi connectivity index (χ0n) is 16.5. The van der Waals surface area contributed by atoms with Crippen molar-refractivity contribution < 1.29 is 14.3 Å². The lowest BCUT2D eigenvalue weighted by atomic mass is 9.99. The maximum Gasteiger partial charge on any atom is 0.338 e. The van der Waals surface area contributed by atoms with Crippen LogP contribution < -0.4 is 5.32 Å². The van der Waals surface area contributed by atoms with Gasteiger partial charge in [-0.3, -0.25) is 4.79 Å². The van der Waals surface area contributed by atoms with E-state index in [2.05, 4.69) is 17.2 Å². The van der Waals surface area contributed by atoms with Gasteiger partial charge in [-0.15, -0.1) is 0 Å². The summed E-state index contributed by atoms with van der Waals surface area (Å²) in [6.07, 6.45) is 5.96. The van der Waals surface area contributed by atoms with E-state index in [1.54, 1.807) is 31.3 Å². The van der Waals surface area contributed by atoms with Crippen molar-refractivity contribution in [3.63, 3.8) is 0 Å². The molecule has 6 heteroatoms. The largest absolute Gasteiger partial charge is 0.462 e. The van der Waals surface area contributed by atoms with E-state index in [0.717, 1.165) is 37.2 Å². The number of rotatable bonds is 6. The molecule has 0 spiro atoms. The number of carbonyl (C=O) groups is 2. The third kappa shape index (κ3) is 4.68. The Labute approximate surface area is 165 Å². The molecule has 28 heavy (non-hydrogen) atoms. The maximum atomic E-state index is 12.8. The van der Waals surface area contributed by atoms with E-state index in [1.165, 1.54) is 6.42 Å². The van der Waals surface area contributed by atoms with Crippen LogP contribution in [0, 0.1) is 0 Å². The summed E-state index contributed by atoms with van der Waals surface area (Å²) in [5, 5.41) is 3.23. The molecule has 3 rings (SSSR count). The predicted molar refractivity (Wildman–Crippen MR) is 109 cm³/mol. The van der Waals surface area contributed by atoms with Gasteiger partial charge in [0.05, 0.1) is 24.1 Å². The Kier molecular flexibility index (Phi) is 6.63. The van der Waals surface area contributed by atoms with Crippen molar-refractivity contribution in [1.29, 1.82) is 0 Å². The van der Waals surface area contributed by atoms with Crippen LogP contribution in [0.15, 0.2) is 42.6 Å². The molecule has 1 fully saturated rings. The van der Waals surface area contributed by atoms with Gasteiger partial charge in [-0.05, 0) is 69.0 Å². The summed E-state index contributed by atoms with van der Waals surface area (Å²) >= 11 is 0. The number of piperidine rings is 1. The van der Waals surface area contributed by atoms with E-state index in [9.17, 15) is 9.59 Å². The van der Waals surface area contributed by atoms with Gasteiger partial charge in [0, 0.05) is 18.3 Å². The van der Waals surface area contributed by atoms with E-state index in [0.29, 0.717) is 23.9 Å².